The van der Waals surface area contributed by atoms with Crippen molar-refractivity contribution >= 4 is 28.5 Å². The molecular formula is C14H15ClN2O2. The number of carbonyl (C=O) groups excluding carboxylic acids is 1. The highest BCUT2D eigenvalue weighted by Crippen LogP contribution is 2.31. The van der Waals surface area contributed by atoms with Gasteiger partial charge in [-0.25, -0.2) is 0 Å². The Bertz CT molecular complexity index is 650. The lowest BCUT2D eigenvalue weighted by molar-refractivity contribution is -0.147. The van der Waals surface area contributed by atoms with Crippen molar-refractivity contribution in [2.24, 2.45) is 0 Å². The van der Waals surface area contributed by atoms with Crippen LogP contribution >= 0.6 is 11.6 Å². The first kappa shape index (κ1) is 12.5. The topological polar surface area (TPSA) is 45.3 Å². The molecule has 1 unspecified atom stereocenters. The number of halogens is 1. The minimum Gasteiger partial charge on any atom is -0.468 e. The lowest BCUT2D eigenvalue weighted by Gasteiger charge is -2.30. The van der Waals surface area contributed by atoms with E-state index in [0.717, 1.165) is 16.6 Å². The van der Waals surface area contributed by atoms with Crippen molar-refractivity contribution in [1.82, 2.24) is 9.88 Å². The van der Waals surface area contributed by atoms with Crippen molar-refractivity contribution in [2.75, 3.05) is 14.2 Å². The van der Waals surface area contributed by atoms with E-state index in [2.05, 4.69) is 4.98 Å². The molecule has 1 aliphatic rings. The predicted molar refractivity (Wildman–Crippen MR) is 74.3 cm³/mol. The van der Waals surface area contributed by atoms with E-state index in [-0.39, 0.29) is 12.0 Å². The Kier molecular flexibility index (Phi) is 2.99. The second kappa shape index (κ2) is 4.54. The molecule has 1 aromatic carbocycles. The summed E-state index contributed by atoms with van der Waals surface area (Å²) in [6.45, 7) is 0.710. The Morgan fingerprint density at radius 3 is 3.05 bits per heavy atom. The van der Waals surface area contributed by atoms with Crippen molar-refractivity contribution in [3.63, 3.8) is 0 Å². The van der Waals surface area contributed by atoms with Gasteiger partial charge in [0.1, 0.15) is 6.04 Å². The van der Waals surface area contributed by atoms with Gasteiger partial charge in [-0.3, -0.25) is 9.69 Å². The van der Waals surface area contributed by atoms with Gasteiger partial charge in [0.2, 0.25) is 0 Å². The summed E-state index contributed by atoms with van der Waals surface area (Å²) >= 11 is 6.06. The van der Waals surface area contributed by atoms with Gasteiger partial charge in [0.25, 0.3) is 0 Å². The lowest BCUT2D eigenvalue weighted by Crippen LogP contribution is -2.43. The van der Waals surface area contributed by atoms with E-state index in [4.69, 9.17) is 16.3 Å². The van der Waals surface area contributed by atoms with Crippen molar-refractivity contribution in [3.05, 3.63) is 34.5 Å². The van der Waals surface area contributed by atoms with E-state index in [1.165, 1.54) is 12.7 Å². The average molecular weight is 279 g/mol. The van der Waals surface area contributed by atoms with Gasteiger partial charge in [0, 0.05) is 34.6 Å². The monoisotopic (exact) mass is 278 g/mol. The maximum atomic E-state index is 11.8. The number of fused-ring (bicyclic) bond motifs is 3. The summed E-state index contributed by atoms with van der Waals surface area (Å²) in [6.07, 6.45) is 0.652. The number of hydrogen-bond acceptors (Lipinski definition) is 3. The van der Waals surface area contributed by atoms with Gasteiger partial charge in [-0.1, -0.05) is 11.6 Å². The highest BCUT2D eigenvalue weighted by atomic mass is 35.5. The zero-order valence-corrected chi connectivity index (χ0v) is 11.6. The molecule has 19 heavy (non-hydrogen) atoms. The minimum atomic E-state index is -0.226. The molecule has 4 nitrogen and oxygen atoms in total. The summed E-state index contributed by atoms with van der Waals surface area (Å²) in [5, 5.41) is 1.81. The van der Waals surface area contributed by atoms with Crippen LogP contribution in [-0.4, -0.2) is 36.1 Å². The largest absolute Gasteiger partial charge is 0.468 e. The zero-order chi connectivity index (χ0) is 13.6. The van der Waals surface area contributed by atoms with Gasteiger partial charge < -0.3 is 9.72 Å². The Morgan fingerprint density at radius 2 is 2.32 bits per heavy atom. The molecule has 1 N–H and O–H groups in total. The number of H-pyrrole nitrogens is 1. The van der Waals surface area contributed by atoms with Gasteiger partial charge in [-0.15, -0.1) is 0 Å². The third-order valence-electron chi connectivity index (χ3n) is 3.77. The minimum absolute atomic E-state index is 0.190. The first-order valence-electron chi connectivity index (χ1n) is 6.17. The van der Waals surface area contributed by atoms with E-state index >= 15 is 0 Å². The Morgan fingerprint density at radius 1 is 1.53 bits per heavy atom. The van der Waals surface area contributed by atoms with E-state index in [1.54, 1.807) is 0 Å². The van der Waals surface area contributed by atoms with Crippen LogP contribution in [0, 0.1) is 0 Å². The quantitative estimate of drug-likeness (QED) is 0.815. The predicted octanol–water partition coefficient (Wildman–Crippen LogP) is 2.35. The van der Waals surface area contributed by atoms with Crippen LogP contribution in [-0.2, 0) is 22.5 Å². The highest BCUT2D eigenvalue weighted by Gasteiger charge is 2.31. The molecule has 2 aromatic rings. The van der Waals surface area contributed by atoms with Crippen LogP contribution in [0.2, 0.25) is 5.02 Å². The van der Waals surface area contributed by atoms with Crippen LogP contribution in [0.15, 0.2) is 18.2 Å². The number of hydrogen-bond donors (Lipinski definition) is 1. The second-order valence-corrected chi connectivity index (χ2v) is 5.37. The molecule has 2 heterocycles. The molecule has 0 amide bonds. The molecule has 0 bridgehead atoms. The maximum absolute atomic E-state index is 11.8. The number of carbonyl (C=O) groups is 1. The molecule has 0 aliphatic carbocycles. The number of nitrogens with zero attached hydrogens (tertiary/aromatic N) is 1. The first-order valence-corrected chi connectivity index (χ1v) is 6.55. The second-order valence-electron chi connectivity index (χ2n) is 4.93. The van der Waals surface area contributed by atoms with Crippen molar-refractivity contribution in [3.8, 4) is 0 Å². The Labute approximate surface area is 116 Å². The number of rotatable bonds is 1. The molecule has 100 valence electrons. The third kappa shape index (κ3) is 2.01. The molecule has 5 heteroatoms. The summed E-state index contributed by atoms with van der Waals surface area (Å²) in [7, 11) is 3.36. The van der Waals surface area contributed by atoms with Gasteiger partial charge >= 0.3 is 5.97 Å². The molecule has 1 aliphatic heterocycles. The number of ether oxygens (including phenoxy) is 1. The number of aromatic nitrogens is 1. The number of methoxy groups -OCH3 is 1. The normalized spacial score (nSPS) is 19.4. The fourth-order valence-electron chi connectivity index (χ4n) is 2.75. The number of benzene rings is 1. The molecule has 1 aromatic heterocycles. The SMILES string of the molecule is COC(=O)C1Cc2c([nH]c3ccc(Cl)cc23)CN1C. The number of esters is 1. The van der Waals surface area contributed by atoms with Gasteiger partial charge in [0.15, 0.2) is 0 Å². The molecule has 3 rings (SSSR count). The smallest absolute Gasteiger partial charge is 0.323 e. The number of aromatic amines is 1. The van der Waals surface area contributed by atoms with Crippen molar-refractivity contribution in [2.45, 2.75) is 19.0 Å². The van der Waals surface area contributed by atoms with E-state index in [0.29, 0.717) is 18.0 Å². The third-order valence-corrected chi connectivity index (χ3v) is 4.00. The van der Waals surface area contributed by atoms with E-state index in [9.17, 15) is 4.79 Å². The first-order chi connectivity index (χ1) is 9.10. The summed E-state index contributed by atoms with van der Waals surface area (Å²) in [5.74, 6) is -0.190. The standard InChI is InChI=1S/C14H15ClN2O2/c1-17-7-12-10(6-13(17)14(18)19-2)9-5-8(15)3-4-11(9)16-12/h3-5,13,16H,6-7H2,1-2H3. The molecule has 0 radical (unpaired) electrons. The Hall–Kier alpha value is -1.52. The van der Waals surface area contributed by atoms with Gasteiger partial charge in [-0.05, 0) is 30.8 Å². The number of nitrogens with one attached hydrogen (secondary N) is 1. The molecule has 0 spiro atoms. The average Bonchev–Trinajstić information content (AvgIpc) is 2.73. The zero-order valence-electron chi connectivity index (χ0n) is 10.9. The van der Waals surface area contributed by atoms with Crippen LogP contribution in [0.4, 0.5) is 0 Å². The molecule has 0 saturated heterocycles. The molecule has 1 atom stereocenters. The molecule has 0 saturated carbocycles. The summed E-state index contributed by atoms with van der Waals surface area (Å²) in [4.78, 5) is 17.2. The fraction of sp³-hybridized carbons (Fsp3) is 0.357. The molecular weight excluding hydrogens is 264 g/mol. The summed E-state index contributed by atoms with van der Waals surface area (Å²) < 4.78 is 4.87. The maximum Gasteiger partial charge on any atom is 0.323 e. The van der Waals surface area contributed by atoms with Crippen LogP contribution in [0.3, 0.4) is 0 Å². The highest BCUT2D eigenvalue weighted by molar-refractivity contribution is 6.31. The van der Waals surface area contributed by atoms with Crippen LogP contribution in [0.25, 0.3) is 10.9 Å². The van der Waals surface area contributed by atoms with Gasteiger partial charge in [-0.2, -0.15) is 0 Å². The summed E-state index contributed by atoms with van der Waals surface area (Å²) in [5.41, 5.74) is 3.39. The van der Waals surface area contributed by atoms with E-state index < -0.39 is 0 Å². The van der Waals surface area contributed by atoms with Crippen LogP contribution in [0.1, 0.15) is 11.3 Å². The van der Waals surface area contributed by atoms with E-state index in [1.807, 2.05) is 30.1 Å². The Balaban J connectivity index is 2.09. The van der Waals surface area contributed by atoms with Gasteiger partial charge in [0.05, 0.1) is 7.11 Å². The molecule has 0 fully saturated rings. The lowest BCUT2D eigenvalue weighted by atomic mass is 9.97. The van der Waals surface area contributed by atoms with Crippen LogP contribution < -0.4 is 0 Å². The fourth-order valence-corrected chi connectivity index (χ4v) is 2.92. The van der Waals surface area contributed by atoms with Crippen molar-refractivity contribution < 1.29 is 9.53 Å². The number of likely N-dealkylation sites (N-methyl/N-ethyl adjacent to an activating group) is 1. The summed E-state index contributed by atoms with van der Waals surface area (Å²) in [6, 6.07) is 5.57. The van der Waals surface area contributed by atoms with Crippen molar-refractivity contribution in [1.29, 1.82) is 0 Å². The van der Waals surface area contributed by atoms with Crippen LogP contribution in [0.5, 0.6) is 0 Å².